The lowest BCUT2D eigenvalue weighted by Crippen LogP contribution is -1.98. The Hall–Kier alpha value is -0.940. The van der Waals surface area contributed by atoms with E-state index in [-0.39, 0.29) is 5.56 Å². The van der Waals surface area contributed by atoms with Crippen LogP contribution in [-0.2, 0) is 10.5 Å². The summed E-state index contributed by atoms with van der Waals surface area (Å²) in [4.78, 5) is 10.7. The van der Waals surface area contributed by atoms with Crippen LogP contribution < -0.4 is 0 Å². The van der Waals surface area contributed by atoms with Crippen molar-refractivity contribution in [3.63, 3.8) is 0 Å². The van der Waals surface area contributed by atoms with Crippen LogP contribution in [0.25, 0.3) is 0 Å². The monoisotopic (exact) mass is 230 g/mol. The molecule has 0 aromatic carbocycles. The molecule has 1 aromatic heterocycles. The van der Waals surface area contributed by atoms with Gasteiger partial charge in [-0.1, -0.05) is 0 Å². The molecule has 0 fully saturated rings. The Bertz CT molecular complexity index is 308. The predicted molar refractivity (Wildman–Crippen MR) is 58.3 cm³/mol. The highest BCUT2D eigenvalue weighted by atomic mass is 32.2. The summed E-state index contributed by atoms with van der Waals surface area (Å²) in [6, 6.07) is 1.48. The van der Waals surface area contributed by atoms with E-state index in [2.05, 4.69) is 0 Å². The van der Waals surface area contributed by atoms with Gasteiger partial charge in [0.25, 0.3) is 0 Å². The van der Waals surface area contributed by atoms with E-state index in [1.807, 2.05) is 0 Å². The molecule has 1 heterocycles. The Morgan fingerprint density at radius 3 is 3.13 bits per heavy atom. The molecule has 84 valence electrons. The van der Waals surface area contributed by atoms with Crippen molar-refractivity contribution in [3.05, 3.63) is 23.7 Å². The zero-order valence-corrected chi connectivity index (χ0v) is 9.38. The van der Waals surface area contributed by atoms with Gasteiger partial charge in [-0.15, -0.1) is 0 Å². The van der Waals surface area contributed by atoms with Gasteiger partial charge in [0.2, 0.25) is 0 Å². The zero-order valence-electron chi connectivity index (χ0n) is 8.56. The van der Waals surface area contributed by atoms with E-state index in [0.717, 1.165) is 18.8 Å². The summed E-state index contributed by atoms with van der Waals surface area (Å²) in [5, 5.41) is 8.81. The normalized spacial score (nSPS) is 10.5. The molecule has 0 bridgehead atoms. The number of thioether (sulfide) groups is 1. The van der Waals surface area contributed by atoms with E-state index >= 15 is 0 Å². The minimum absolute atomic E-state index is 0.259. The Morgan fingerprint density at radius 1 is 1.67 bits per heavy atom. The van der Waals surface area contributed by atoms with Crippen molar-refractivity contribution in [1.29, 1.82) is 0 Å². The molecular weight excluding hydrogens is 216 g/mol. The lowest BCUT2D eigenvalue weighted by Gasteiger charge is -2.00. The topological polar surface area (TPSA) is 59.7 Å². The molecule has 1 aromatic rings. The van der Waals surface area contributed by atoms with Gasteiger partial charge in [0.15, 0.2) is 0 Å². The minimum atomic E-state index is -0.934. The number of carboxylic acids is 1. The third kappa shape index (κ3) is 3.97. The van der Waals surface area contributed by atoms with Gasteiger partial charge in [0.05, 0.1) is 12.0 Å². The summed E-state index contributed by atoms with van der Waals surface area (Å²) in [7, 11) is 1.67. The van der Waals surface area contributed by atoms with Crippen LogP contribution in [0.1, 0.15) is 22.5 Å². The highest BCUT2D eigenvalue weighted by Gasteiger charge is 2.12. The fourth-order valence-electron chi connectivity index (χ4n) is 1.11. The standard InChI is InChI=1S/C10H14O4S/c1-13-4-2-6-15-7-9-8(10(11)12)3-5-14-9/h3,5H,2,4,6-7H2,1H3,(H,11,12). The third-order valence-electron chi connectivity index (χ3n) is 1.85. The van der Waals surface area contributed by atoms with E-state index in [0.29, 0.717) is 11.5 Å². The number of carboxylic acid groups (broad SMARTS) is 1. The maximum absolute atomic E-state index is 10.7. The zero-order chi connectivity index (χ0) is 11.1. The van der Waals surface area contributed by atoms with Gasteiger partial charge in [-0.05, 0) is 18.2 Å². The average molecular weight is 230 g/mol. The molecule has 0 unspecified atom stereocenters. The van der Waals surface area contributed by atoms with Crippen LogP contribution in [0, 0.1) is 0 Å². The van der Waals surface area contributed by atoms with Crippen LogP contribution in [0.15, 0.2) is 16.7 Å². The quantitative estimate of drug-likeness (QED) is 0.728. The average Bonchev–Trinajstić information content (AvgIpc) is 2.66. The predicted octanol–water partition coefficient (Wildman–Crippen LogP) is 2.25. The summed E-state index contributed by atoms with van der Waals surface area (Å²) < 4.78 is 10.0. The number of aromatic carboxylic acids is 1. The van der Waals surface area contributed by atoms with Crippen LogP contribution in [-0.4, -0.2) is 30.5 Å². The number of ether oxygens (including phenoxy) is 1. The second kappa shape index (κ2) is 6.53. The molecule has 0 aliphatic rings. The minimum Gasteiger partial charge on any atom is -0.478 e. The highest BCUT2D eigenvalue weighted by Crippen LogP contribution is 2.18. The van der Waals surface area contributed by atoms with Crippen molar-refractivity contribution in [2.75, 3.05) is 19.5 Å². The van der Waals surface area contributed by atoms with Crippen molar-refractivity contribution >= 4 is 17.7 Å². The van der Waals surface area contributed by atoms with Crippen molar-refractivity contribution in [2.24, 2.45) is 0 Å². The van der Waals surface area contributed by atoms with Crippen molar-refractivity contribution < 1.29 is 19.1 Å². The Labute approximate surface area is 92.6 Å². The summed E-state index contributed by atoms with van der Waals surface area (Å²) in [5.41, 5.74) is 0.259. The number of methoxy groups -OCH3 is 1. The molecule has 1 rings (SSSR count). The first kappa shape index (κ1) is 12.1. The first-order valence-electron chi connectivity index (χ1n) is 4.62. The number of hydrogen-bond donors (Lipinski definition) is 1. The summed E-state index contributed by atoms with van der Waals surface area (Å²) >= 11 is 1.65. The highest BCUT2D eigenvalue weighted by molar-refractivity contribution is 7.98. The van der Waals surface area contributed by atoms with E-state index in [9.17, 15) is 4.79 Å². The molecule has 4 nitrogen and oxygen atoms in total. The molecule has 0 aliphatic heterocycles. The van der Waals surface area contributed by atoms with Crippen LogP contribution in [0.2, 0.25) is 0 Å². The van der Waals surface area contributed by atoms with Crippen molar-refractivity contribution in [1.82, 2.24) is 0 Å². The second-order valence-electron chi connectivity index (χ2n) is 2.96. The SMILES string of the molecule is COCCCSCc1occc1C(=O)O. The molecule has 5 heteroatoms. The van der Waals surface area contributed by atoms with Gasteiger partial charge in [-0.2, -0.15) is 11.8 Å². The van der Waals surface area contributed by atoms with Gasteiger partial charge < -0.3 is 14.3 Å². The van der Waals surface area contributed by atoms with Crippen LogP contribution in [0.4, 0.5) is 0 Å². The Kier molecular flexibility index (Phi) is 5.28. The number of carbonyl (C=O) groups is 1. The van der Waals surface area contributed by atoms with E-state index in [4.69, 9.17) is 14.3 Å². The van der Waals surface area contributed by atoms with Gasteiger partial charge in [0, 0.05) is 13.7 Å². The maximum Gasteiger partial charge on any atom is 0.339 e. The summed E-state index contributed by atoms with van der Waals surface area (Å²) in [6.45, 7) is 0.733. The molecule has 1 N–H and O–H groups in total. The molecule has 0 aliphatic carbocycles. The summed E-state index contributed by atoms with van der Waals surface area (Å²) in [5.74, 6) is 1.13. The van der Waals surface area contributed by atoms with E-state index < -0.39 is 5.97 Å². The maximum atomic E-state index is 10.7. The smallest absolute Gasteiger partial charge is 0.339 e. The fourth-order valence-corrected chi connectivity index (χ4v) is 1.99. The van der Waals surface area contributed by atoms with E-state index in [1.54, 1.807) is 18.9 Å². The lowest BCUT2D eigenvalue weighted by molar-refractivity contribution is 0.0695. The first-order chi connectivity index (χ1) is 7.25. The molecular formula is C10H14O4S. The molecule has 0 radical (unpaired) electrons. The van der Waals surface area contributed by atoms with Gasteiger partial charge >= 0.3 is 5.97 Å². The van der Waals surface area contributed by atoms with Crippen LogP contribution >= 0.6 is 11.8 Å². The Morgan fingerprint density at radius 2 is 2.47 bits per heavy atom. The molecule has 15 heavy (non-hydrogen) atoms. The lowest BCUT2D eigenvalue weighted by atomic mass is 10.3. The first-order valence-corrected chi connectivity index (χ1v) is 5.77. The number of rotatable bonds is 7. The molecule has 0 atom stereocenters. The molecule has 0 spiro atoms. The van der Waals surface area contributed by atoms with Gasteiger partial charge in [-0.3, -0.25) is 0 Å². The number of hydrogen-bond acceptors (Lipinski definition) is 4. The van der Waals surface area contributed by atoms with Gasteiger partial charge in [0.1, 0.15) is 11.3 Å². The molecule has 0 amide bonds. The van der Waals surface area contributed by atoms with Crippen molar-refractivity contribution in [2.45, 2.75) is 12.2 Å². The molecule has 0 saturated heterocycles. The third-order valence-corrected chi connectivity index (χ3v) is 2.89. The second-order valence-corrected chi connectivity index (χ2v) is 4.07. The number of furan rings is 1. The van der Waals surface area contributed by atoms with E-state index in [1.165, 1.54) is 12.3 Å². The van der Waals surface area contributed by atoms with Gasteiger partial charge in [-0.25, -0.2) is 4.79 Å². The Balaban J connectivity index is 2.31. The molecule has 0 saturated carbocycles. The van der Waals surface area contributed by atoms with Crippen LogP contribution in [0.3, 0.4) is 0 Å². The largest absolute Gasteiger partial charge is 0.478 e. The fraction of sp³-hybridized carbons (Fsp3) is 0.500. The summed E-state index contributed by atoms with van der Waals surface area (Å²) in [6.07, 6.45) is 2.37. The van der Waals surface area contributed by atoms with Crippen LogP contribution in [0.5, 0.6) is 0 Å². The van der Waals surface area contributed by atoms with Crippen molar-refractivity contribution in [3.8, 4) is 0 Å².